The molecule has 5 heteroatoms. The summed E-state index contributed by atoms with van der Waals surface area (Å²) in [7, 11) is 0. The van der Waals surface area contributed by atoms with E-state index in [1.165, 1.54) is 12.3 Å². The summed E-state index contributed by atoms with van der Waals surface area (Å²) < 4.78 is 4.78. The van der Waals surface area contributed by atoms with Gasteiger partial charge in [-0.15, -0.1) is 0 Å². The van der Waals surface area contributed by atoms with Gasteiger partial charge >= 0.3 is 0 Å². The summed E-state index contributed by atoms with van der Waals surface area (Å²) in [6.07, 6.45) is 1.17. The van der Waals surface area contributed by atoms with E-state index in [1.54, 1.807) is 6.07 Å². The average molecular weight is 182 g/mol. The van der Waals surface area contributed by atoms with Gasteiger partial charge in [-0.1, -0.05) is 0 Å². The van der Waals surface area contributed by atoms with E-state index in [0.29, 0.717) is 0 Å². The number of carbonyl (C=O) groups is 2. The fourth-order valence-corrected chi connectivity index (χ4v) is 0.773. The predicted octanol–water partition coefficient (Wildman–Crippen LogP) is -0.851. The lowest BCUT2D eigenvalue weighted by molar-refractivity contribution is -0.305. The number of furan rings is 1. The molecular weight excluding hydrogens is 174 g/mol. The fourth-order valence-electron chi connectivity index (χ4n) is 0.773. The van der Waals surface area contributed by atoms with Crippen LogP contribution < -0.4 is 10.4 Å². The first-order valence-electron chi connectivity index (χ1n) is 3.71. The molecule has 0 aromatic carbocycles. The summed E-state index contributed by atoms with van der Waals surface area (Å²) in [4.78, 5) is 21.1. The average Bonchev–Trinajstić information content (AvgIpc) is 2.55. The molecule has 5 nitrogen and oxygen atoms in total. The Morgan fingerprint density at radius 2 is 2.31 bits per heavy atom. The second kappa shape index (κ2) is 4.30. The maximum Gasteiger partial charge on any atom is 0.286 e. The molecular formula is C8H8NO4-. The van der Waals surface area contributed by atoms with Crippen LogP contribution in [0.3, 0.4) is 0 Å². The highest BCUT2D eigenvalue weighted by atomic mass is 16.4. The van der Waals surface area contributed by atoms with Crippen molar-refractivity contribution in [3.63, 3.8) is 0 Å². The highest BCUT2D eigenvalue weighted by Gasteiger charge is 2.06. The van der Waals surface area contributed by atoms with Gasteiger partial charge in [0.25, 0.3) is 5.91 Å². The van der Waals surface area contributed by atoms with Crippen molar-refractivity contribution in [1.29, 1.82) is 0 Å². The van der Waals surface area contributed by atoms with E-state index in [-0.39, 0.29) is 18.7 Å². The first-order valence-corrected chi connectivity index (χ1v) is 3.71. The van der Waals surface area contributed by atoms with Gasteiger partial charge in [-0.3, -0.25) is 4.79 Å². The van der Waals surface area contributed by atoms with Gasteiger partial charge in [-0.2, -0.15) is 0 Å². The van der Waals surface area contributed by atoms with Crippen LogP contribution in [0.5, 0.6) is 0 Å². The van der Waals surface area contributed by atoms with Crippen molar-refractivity contribution in [3.05, 3.63) is 24.2 Å². The Bertz CT molecular complexity index is 291. The minimum Gasteiger partial charge on any atom is -0.550 e. The summed E-state index contributed by atoms with van der Waals surface area (Å²) in [6, 6.07) is 3.07. The number of aliphatic carboxylic acids is 1. The third-order valence-corrected chi connectivity index (χ3v) is 1.36. The molecule has 1 aromatic heterocycles. The smallest absolute Gasteiger partial charge is 0.286 e. The topological polar surface area (TPSA) is 82.4 Å². The number of amides is 1. The van der Waals surface area contributed by atoms with Crippen LogP contribution in [0.1, 0.15) is 17.0 Å². The van der Waals surface area contributed by atoms with E-state index < -0.39 is 11.9 Å². The van der Waals surface area contributed by atoms with Crippen molar-refractivity contribution in [2.45, 2.75) is 6.42 Å². The van der Waals surface area contributed by atoms with Crippen LogP contribution in [0.15, 0.2) is 22.8 Å². The van der Waals surface area contributed by atoms with Gasteiger partial charge in [0.1, 0.15) is 0 Å². The number of hydrogen-bond donors (Lipinski definition) is 1. The quantitative estimate of drug-likeness (QED) is 0.657. The summed E-state index contributed by atoms with van der Waals surface area (Å²) in [6.45, 7) is 0.0435. The predicted molar refractivity (Wildman–Crippen MR) is 40.7 cm³/mol. The van der Waals surface area contributed by atoms with Crippen molar-refractivity contribution < 1.29 is 19.1 Å². The first kappa shape index (κ1) is 9.31. The van der Waals surface area contributed by atoms with Crippen molar-refractivity contribution in [1.82, 2.24) is 5.32 Å². The maximum absolute atomic E-state index is 11.1. The zero-order chi connectivity index (χ0) is 9.68. The maximum atomic E-state index is 11.1. The highest BCUT2D eigenvalue weighted by molar-refractivity contribution is 5.91. The summed E-state index contributed by atoms with van der Waals surface area (Å²) in [5, 5.41) is 12.3. The zero-order valence-electron chi connectivity index (χ0n) is 6.78. The third-order valence-electron chi connectivity index (χ3n) is 1.36. The second-order valence-corrected chi connectivity index (χ2v) is 2.36. The van der Waals surface area contributed by atoms with Crippen LogP contribution in [0.4, 0.5) is 0 Å². The molecule has 0 atom stereocenters. The van der Waals surface area contributed by atoms with Gasteiger partial charge in [-0.05, 0) is 12.1 Å². The van der Waals surface area contributed by atoms with Crippen molar-refractivity contribution in [2.24, 2.45) is 0 Å². The molecule has 0 saturated heterocycles. The summed E-state index contributed by atoms with van der Waals surface area (Å²) >= 11 is 0. The third kappa shape index (κ3) is 2.98. The van der Waals surface area contributed by atoms with E-state index in [2.05, 4.69) is 5.32 Å². The van der Waals surface area contributed by atoms with Gasteiger partial charge in [0.2, 0.25) is 0 Å². The minimum absolute atomic E-state index is 0.0435. The molecule has 1 aromatic rings. The Balaban J connectivity index is 2.31. The monoisotopic (exact) mass is 182 g/mol. The normalized spacial score (nSPS) is 9.54. The number of carbonyl (C=O) groups excluding carboxylic acids is 2. The summed E-state index contributed by atoms with van der Waals surface area (Å²) in [5.74, 6) is -1.45. The fraction of sp³-hybridized carbons (Fsp3) is 0.250. The largest absolute Gasteiger partial charge is 0.550 e. The minimum atomic E-state index is -1.19. The van der Waals surface area contributed by atoms with E-state index in [0.717, 1.165) is 0 Å². The zero-order valence-corrected chi connectivity index (χ0v) is 6.78. The molecule has 1 heterocycles. The Hall–Kier alpha value is -1.78. The number of carboxylic acids is 1. The number of carboxylic acid groups (broad SMARTS) is 1. The first-order chi connectivity index (χ1) is 6.20. The molecule has 1 rings (SSSR count). The molecule has 0 aliphatic heterocycles. The van der Waals surface area contributed by atoms with Crippen molar-refractivity contribution in [3.8, 4) is 0 Å². The molecule has 0 aliphatic rings. The van der Waals surface area contributed by atoms with Crippen LogP contribution in [-0.4, -0.2) is 18.4 Å². The molecule has 0 unspecified atom stereocenters. The molecule has 0 bridgehead atoms. The number of rotatable bonds is 4. The van der Waals surface area contributed by atoms with E-state index in [1.807, 2.05) is 0 Å². The van der Waals surface area contributed by atoms with Crippen LogP contribution in [-0.2, 0) is 4.79 Å². The van der Waals surface area contributed by atoms with Crippen LogP contribution >= 0.6 is 0 Å². The Labute approximate surface area is 74.4 Å². The Kier molecular flexibility index (Phi) is 3.08. The molecule has 1 amide bonds. The summed E-state index contributed by atoms with van der Waals surface area (Å²) in [5.41, 5.74) is 0. The lowest BCUT2D eigenvalue weighted by atomic mass is 10.4. The van der Waals surface area contributed by atoms with Gasteiger partial charge < -0.3 is 19.6 Å². The molecule has 0 saturated carbocycles. The number of hydrogen-bond acceptors (Lipinski definition) is 4. The molecule has 0 radical (unpaired) electrons. The lowest BCUT2D eigenvalue weighted by Crippen LogP contribution is -2.30. The molecule has 0 spiro atoms. The van der Waals surface area contributed by atoms with Gasteiger partial charge in [0.05, 0.1) is 6.26 Å². The number of nitrogens with one attached hydrogen (secondary N) is 1. The van der Waals surface area contributed by atoms with Crippen LogP contribution in [0.25, 0.3) is 0 Å². The molecule has 0 fully saturated rings. The van der Waals surface area contributed by atoms with Crippen LogP contribution in [0.2, 0.25) is 0 Å². The SMILES string of the molecule is O=C([O-])CCNC(=O)c1ccco1. The molecule has 13 heavy (non-hydrogen) atoms. The van der Waals surface area contributed by atoms with Gasteiger partial charge in [0.15, 0.2) is 5.76 Å². The van der Waals surface area contributed by atoms with Crippen molar-refractivity contribution in [2.75, 3.05) is 6.54 Å². The molecule has 0 aliphatic carbocycles. The highest BCUT2D eigenvalue weighted by Crippen LogP contribution is 1.98. The molecule has 1 N–H and O–H groups in total. The Morgan fingerprint density at radius 1 is 1.54 bits per heavy atom. The van der Waals surface area contributed by atoms with Crippen LogP contribution in [0, 0.1) is 0 Å². The standard InChI is InChI=1S/C8H9NO4/c10-7(11)3-4-9-8(12)6-2-1-5-13-6/h1-2,5H,3-4H2,(H,9,12)(H,10,11)/p-1. The van der Waals surface area contributed by atoms with Crippen molar-refractivity contribution >= 4 is 11.9 Å². The van der Waals surface area contributed by atoms with E-state index in [9.17, 15) is 14.7 Å². The molecule has 70 valence electrons. The second-order valence-electron chi connectivity index (χ2n) is 2.36. The van der Waals surface area contributed by atoms with Gasteiger partial charge in [0, 0.05) is 18.9 Å². The lowest BCUT2D eigenvalue weighted by Gasteiger charge is -2.02. The van der Waals surface area contributed by atoms with E-state index >= 15 is 0 Å². The van der Waals surface area contributed by atoms with E-state index in [4.69, 9.17) is 4.42 Å². The Morgan fingerprint density at radius 3 is 2.85 bits per heavy atom. The van der Waals surface area contributed by atoms with Gasteiger partial charge in [-0.25, -0.2) is 0 Å².